The molecule has 0 saturated carbocycles. The first-order valence-corrected chi connectivity index (χ1v) is 7.93. The summed E-state index contributed by atoms with van der Waals surface area (Å²) in [5.74, 6) is -1.10. The fraction of sp³-hybridized carbons (Fsp3) is 0.471. The number of piperidine rings is 1. The van der Waals surface area contributed by atoms with Crippen molar-refractivity contribution in [1.29, 1.82) is 0 Å². The van der Waals surface area contributed by atoms with Crippen LogP contribution in [-0.4, -0.2) is 41.2 Å². The van der Waals surface area contributed by atoms with E-state index in [2.05, 4.69) is 16.8 Å². The van der Waals surface area contributed by atoms with Crippen molar-refractivity contribution >= 4 is 0 Å². The molecule has 2 heterocycles. The molecule has 6 heteroatoms. The summed E-state index contributed by atoms with van der Waals surface area (Å²) in [6, 6.07) is 2.71. The Morgan fingerprint density at radius 3 is 2.91 bits per heavy atom. The smallest absolute Gasteiger partial charge is 0.173 e. The Morgan fingerprint density at radius 2 is 2.17 bits per heavy atom. The molecule has 124 valence electrons. The number of likely N-dealkylation sites (N-methyl/N-ethyl adjacent to an activating group) is 1. The monoisotopic (exact) mass is 321 g/mol. The van der Waals surface area contributed by atoms with Crippen LogP contribution < -0.4 is 4.74 Å². The average Bonchev–Trinajstić information content (AvgIpc) is 3.06. The number of benzene rings is 1. The number of halogens is 2. The van der Waals surface area contributed by atoms with Gasteiger partial charge in [-0.2, -0.15) is 0 Å². The van der Waals surface area contributed by atoms with Crippen molar-refractivity contribution in [2.24, 2.45) is 0 Å². The van der Waals surface area contributed by atoms with E-state index in [4.69, 9.17) is 4.74 Å². The number of nitrogens with zero attached hydrogens (tertiary/aromatic N) is 3. The number of ether oxygens (including phenoxy) is 1. The predicted octanol–water partition coefficient (Wildman–Crippen LogP) is 3.49. The van der Waals surface area contributed by atoms with E-state index in [0.29, 0.717) is 11.6 Å². The van der Waals surface area contributed by atoms with E-state index < -0.39 is 11.6 Å². The van der Waals surface area contributed by atoms with E-state index in [1.807, 2.05) is 10.8 Å². The number of methoxy groups -OCH3 is 1. The quantitative estimate of drug-likeness (QED) is 0.863. The van der Waals surface area contributed by atoms with Crippen LogP contribution in [-0.2, 0) is 0 Å². The molecule has 0 radical (unpaired) electrons. The van der Waals surface area contributed by atoms with E-state index in [9.17, 15) is 8.78 Å². The standard InChI is InChI=1S/C17H21F2N3O/c1-3-21-9-4-5-12(11-21)22-10-8-20-17(22)15-14(23-2)7-6-13(18)16(15)19/h6-8,10,12H,3-5,9,11H2,1-2H3. The van der Waals surface area contributed by atoms with Crippen LogP contribution in [0.1, 0.15) is 25.8 Å². The van der Waals surface area contributed by atoms with E-state index in [0.717, 1.165) is 38.5 Å². The maximum atomic E-state index is 14.4. The maximum absolute atomic E-state index is 14.4. The third-order valence-electron chi connectivity index (χ3n) is 4.49. The van der Waals surface area contributed by atoms with Crippen molar-refractivity contribution in [2.75, 3.05) is 26.7 Å². The number of hydrogen-bond donors (Lipinski definition) is 0. The number of aromatic nitrogens is 2. The Morgan fingerprint density at radius 1 is 1.35 bits per heavy atom. The van der Waals surface area contributed by atoms with Gasteiger partial charge in [-0.05, 0) is 38.1 Å². The molecule has 0 bridgehead atoms. The highest BCUT2D eigenvalue weighted by atomic mass is 19.2. The molecular weight excluding hydrogens is 300 g/mol. The topological polar surface area (TPSA) is 30.3 Å². The molecule has 1 fully saturated rings. The third-order valence-corrected chi connectivity index (χ3v) is 4.49. The van der Waals surface area contributed by atoms with Gasteiger partial charge in [0.05, 0.1) is 12.7 Å². The first-order chi connectivity index (χ1) is 11.2. The summed E-state index contributed by atoms with van der Waals surface area (Å²) in [5, 5.41) is 0. The van der Waals surface area contributed by atoms with Crippen LogP contribution in [0.5, 0.6) is 5.75 Å². The SMILES string of the molecule is CCN1CCCC(n2ccnc2-c2c(OC)ccc(F)c2F)C1. The molecule has 0 spiro atoms. The molecule has 0 N–H and O–H groups in total. The number of hydrogen-bond acceptors (Lipinski definition) is 3. The van der Waals surface area contributed by atoms with Gasteiger partial charge < -0.3 is 14.2 Å². The fourth-order valence-electron chi connectivity index (χ4n) is 3.26. The summed E-state index contributed by atoms with van der Waals surface area (Å²) < 4.78 is 35.3. The van der Waals surface area contributed by atoms with Crippen LogP contribution >= 0.6 is 0 Å². The van der Waals surface area contributed by atoms with Crippen LogP contribution in [0.3, 0.4) is 0 Å². The molecule has 1 atom stereocenters. The summed E-state index contributed by atoms with van der Waals surface area (Å²) in [4.78, 5) is 6.64. The van der Waals surface area contributed by atoms with Crippen LogP contribution in [0.15, 0.2) is 24.5 Å². The molecule has 23 heavy (non-hydrogen) atoms. The minimum Gasteiger partial charge on any atom is -0.496 e. The fourth-order valence-corrected chi connectivity index (χ4v) is 3.26. The van der Waals surface area contributed by atoms with Gasteiger partial charge in [0.25, 0.3) is 0 Å². The molecule has 1 aromatic heterocycles. The third kappa shape index (κ3) is 2.95. The van der Waals surface area contributed by atoms with Gasteiger partial charge in [0.15, 0.2) is 11.6 Å². The summed E-state index contributed by atoms with van der Waals surface area (Å²) >= 11 is 0. The van der Waals surface area contributed by atoms with Gasteiger partial charge in [-0.3, -0.25) is 0 Å². The highest BCUT2D eigenvalue weighted by molar-refractivity contribution is 5.65. The Kier molecular flexibility index (Phi) is 4.61. The second kappa shape index (κ2) is 6.66. The largest absolute Gasteiger partial charge is 0.496 e. The van der Waals surface area contributed by atoms with Gasteiger partial charge in [0, 0.05) is 25.0 Å². The van der Waals surface area contributed by atoms with Crippen molar-refractivity contribution in [3.05, 3.63) is 36.2 Å². The Hall–Kier alpha value is -1.95. The Balaban J connectivity index is 2.03. The second-order valence-electron chi connectivity index (χ2n) is 5.79. The summed E-state index contributed by atoms with van der Waals surface area (Å²) in [5.41, 5.74) is 0.0890. The molecule has 1 saturated heterocycles. The Bertz CT molecular complexity index is 686. The summed E-state index contributed by atoms with van der Waals surface area (Å²) in [6.07, 6.45) is 5.55. The number of imidazole rings is 1. The van der Waals surface area contributed by atoms with E-state index >= 15 is 0 Å². The number of likely N-dealkylation sites (tertiary alicyclic amines) is 1. The van der Waals surface area contributed by atoms with Gasteiger partial charge in [-0.25, -0.2) is 13.8 Å². The van der Waals surface area contributed by atoms with Crippen molar-refractivity contribution < 1.29 is 13.5 Å². The van der Waals surface area contributed by atoms with Gasteiger partial charge in [0.1, 0.15) is 11.6 Å². The normalized spacial score (nSPS) is 19.0. The van der Waals surface area contributed by atoms with Crippen LogP contribution in [0.4, 0.5) is 8.78 Å². The highest BCUT2D eigenvalue weighted by Crippen LogP contribution is 2.35. The van der Waals surface area contributed by atoms with Gasteiger partial charge in [-0.15, -0.1) is 0 Å². The number of rotatable bonds is 4. The molecule has 1 aliphatic heterocycles. The van der Waals surface area contributed by atoms with Gasteiger partial charge in [-0.1, -0.05) is 6.92 Å². The van der Waals surface area contributed by atoms with Gasteiger partial charge >= 0.3 is 0 Å². The summed E-state index contributed by atoms with van der Waals surface area (Å²) in [7, 11) is 1.45. The van der Waals surface area contributed by atoms with Crippen LogP contribution in [0.25, 0.3) is 11.4 Å². The maximum Gasteiger partial charge on any atom is 0.173 e. The highest BCUT2D eigenvalue weighted by Gasteiger charge is 2.26. The predicted molar refractivity (Wildman–Crippen MR) is 84.5 cm³/mol. The first kappa shape index (κ1) is 15.9. The lowest BCUT2D eigenvalue weighted by molar-refractivity contribution is 0.186. The molecule has 4 nitrogen and oxygen atoms in total. The lowest BCUT2D eigenvalue weighted by atomic mass is 10.0. The van der Waals surface area contributed by atoms with Crippen molar-refractivity contribution in [1.82, 2.24) is 14.5 Å². The molecular formula is C17H21F2N3O. The molecule has 0 amide bonds. The van der Waals surface area contributed by atoms with Gasteiger partial charge in [0.2, 0.25) is 0 Å². The van der Waals surface area contributed by atoms with Crippen molar-refractivity contribution in [2.45, 2.75) is 25.8 Å². The summed E-state index contributed by atoms with van der Waals surface area (Å²) in [6.45, 7) is 5.08. The van der Waals surface area contributed by atoms with E-state index in [1.54, 1.807) is 6.20 Å². The lowest BCUT2D eigenvalue weighted by Crippen LogP contribution is -2.36. The molecule has 3 rings (SSSR count). The second-order valence-corrected chi connectivity index (χ2v) is 5.79. The Labute approximate surface area is 134 Å². The van der Waals surface area contributed by atoms with Crippen LogP contribution in [0.2, 0.25) is 0 Å². The van der Waals surface area contributed by atoms with Crippen LogP contribution in [0, 0.1) is 11.6 Å². The molecule has 2 aromatic rings. The molecule has 1 unspecified atom stereocenters. The lowest BCUT2D eigenvalue weighted by Gasteiger charge is -2.33. The molecule has 1 aliphatic rings. The molecule has 1 aromatic carbocycles. The van der Waals surface area contributed by atoms with Crippen molar-refractivity contribution in [3.63, 3.8) is 0 Å². The zero-order chi connectivity index (χ0) is 16.4. The minimum atomic E-state index is -0.917. The average molecular weight is 321 g/mol. The van der Waals surface area contributed by atoms with E-state index in [-0.39, 0.29) is 11.6 Å². The minimum absolute atomic E-state index is 0.0890. The zero-order valence-corrected chi connectivity index (χ0v) is 13.4. The zero-order valence-electron chi connectivity index (χ0n) is 13.4. The van der Waals surface area contributed by atoms with Crippen molar-refractivity contribution in [3.8, 4) is 17.1 Å². The molecule has 0 aliphatic carbocycles. The van der Waals surface area contributed by atoms with E-state index in [1.165, 1.54) is 13.2 Å². The first-order valence-electron chi connectivity index (χ1n) is 7.93.